The van der Waals surface area contributed by atoms with E-state index in [1.165, 1.54) is 17.8 Å². The molecule has 1 aliphatic carbocycles. The van der Waals surface area contributed by atoms with Crippen molar-refractivity contribution in [2.45, 2.75) is 31.7 Å². The number of aromatic hydroxyl groups is 1. The molecule has 1 aliphatic heterocycles. The summed E-state index contributed by atoms with van der Waals surface area (Å²) >= 11 is 0. The maximum absolute atomic E-state index is 13.0. The Morgan fingerprint density at radius 3 is 2.75 bits per heavy atom. The van der Waals surface area contributed by atoms with Crippen LogP contribution in [0.15, 0.2) is 42.2 Å². The first-order valence-electron chi connectivity index (χ1n) is 11.1. The summed E-state index contributed by atoms with van der Waals surface area (Å²) in [5, 5.41) is 10.8. The topological polar surface area (TPSA) is 63.9 Å². The van der Waals surface area contributed by atoms with Gasteiger partial charge in [-0.2, -0.15) is 0 Å². The van der Waals surface area contributed by atoms with Crippen LogP contribution in [0.5, 0.6) is 17.2 Å². The average Bonchev–Trinajstić information content (AvgIpc) is 3.50. The Bertz CT molecular complexity index is 1230. The quantitative estimate of drug-likeness (QED) is 0.544. The average molecular weight is 433 g/mol. The number of methoxy groups -OCH3 is 1. The number of hydrogen-bond acceptors (Lipinski definition) is 5. The molecule has 2 aromatic carbocycles. The Labute approximate surface area is 187 Å². The summed E-state index contributed by atoms with van der Waals surface area (Å²) in [7, 11) is 5.85. The number of carbonyl (C=O) groups excluding carboxylic acids is 1. The fourth-order valence-electron chi connectivity index (χ4n) is 4.55. The third-order valence-electron chi connectivity index (χ3n) is 6.23. The lowest BCUT2D eigenvalue weighted by Crippen LogP contribution is -2.15. The van der Waals surface area contributed by atoms with Crippen molar-refractivity contribution < 1.29 is 19.4 Å². The van der Waals surface area contributed by atoms with Crippen LogP contribution in [0.25, 0.3) is 17.0 Å². The van der Waals surface area contributed by atoms with Crippen LogP contribution in [-0.2, 0) is 6.54 Å². The van der Waals surface area contributed by atoms with Crippen LogP contribution in [-0.4, -0.2) is 48.1 Å². The van der Waals surface area contributed by atoms with Crippen molar-refractivity contribution in [3.8, 4) is 17.2 Å². The zero-order valence-electron chi connectivity index (χ0n) is 18.7. The van der Waals surface area contributed by atoms with E-state index in [0.29, 0.717) is 23.0 Å². The van der Waals surface area contributed by atoms with Crippen molar-refractivity contribution in [2.24, 2.45) is 0 Å². The molecule has 2 heterocycles. The van der Waals surface area contributed by atoms with Crippen LogP contribution in [0.4, 0.5) is 0 Å². The molecule has 0 amide bonds. The number of allylic oxidation sites excluding steroid dienone is 1. The number of rotatable bonds is 7. The minimum absolute atomic E-state index is 0.0821. The predicted octanol–water partition coefficient (Wildman–Crippen LogP) is 4.80. The lowest BCUT2D eigenvalue weighted by atomic mass is 10.0. The van der Waals surface area contributed by atoms with Crippen LogP contribution in [0.3, 0.4) is 0 Å². The molecule has 1 N–H and O–H groups in total. The van der Waals surface area contributed by atoms with Gasteiger partial charge in [0.15, 0.2) is 5.76 Å². The molecule has 1 aromatic heterocycles. The fourth-order valence-corrected chi connectivity index (χ4v) is 4.55. The number of carbonyl (C=O) groups is 1. The first-order valence-corrected chi connectivity index (χ1v) is 11.1. The molecule has 6 nitrogen and oxygen atoms in total. The number of aryl methyl sites for hydroxylation is 1. The molecule has 0 bridgehead atoms. The molecular weight excluding hydrogens is 404 g/mol. The first-order chi connectivity index (χ1) is 15.5. The number of fused-ring (bicyclic) bond motifs is 2. The van der Waals surface area contributed by atoms with Gasteiger partial charge in [0.2, 0.25) is 5.78 Å². The highest BCUT2D eigenvalue weighted by molar-refractivity contribution is 6.15. The van der Waals surface area contributed by atoms with Crippen LogP contribution in [0.1, 0.15) is 46.8 Å². The molecule has 0 saturated heterocycles. The number of benzene rings is 2. The lowest BCUT2D eigenvalue weighted by Gasteiger charge is -2.14. The number of nitrogens with zero attached hydrogens (tertiary/aromatic N) is 2. The van der Waals surface area contributed by atoms with Gasteiger partial charge in [-0.25, -0.2) is 0 Å². The smallest absolute Gasteiger partial charge is 0.231 e. The Hall–Kier alpha value is -3.25. The summed E-state index contributed by atoms with van der Waals surface area (Å²) in [6.07, 6.45) is 5.23. The Morgan fingerprint density at radius 1 is 1.22 bits per heavy atom. The molecule has 166 valence electrons. The van der Waals surface area contributed by atoms with E-state index in [9.17, 15) is 9.90 Å². The van der Waals surface area contributed by atoms with Crippen molar-refractivity contribution in [1.82, 2.24) is 9.47 Å². The van der Waals surface area contributed by atoms with E-state index in [4.69, 9.17) is 9.47 Å². The number of aromatic nitrogens is 1. The van der Waals surface area contributed by atoms with Crippen LogP contribution >= 0.6 is 0 Å². The van der Waals surface area contributed by atoms with Gasteiger partial charge in [-0.15, -0.1) is 0 Å². The number of ketones is 1. The van der Waals surface area contributed by atoms with Gasteiger partial charge in [0.25, 0.3) is 0 Å². The highest BCUT2D eigenvalue weighted by Crippen LogP contribution is 2.47. The summed E-state index contributed by atoms with van der Waals surface area (Å²) in [5.74, 6) is 1.90. The normalized spacial score (nSPS) is 16.8. The SMILES string of the molecule is COc1ccc2c(c1)c(/C=C1\Oc3cc(O)ccc3C1=O)c(C1CC1)n2CCCN(C)C. The van der Waals surface area contributed by atoms with Gasteiger partial charge in [-0.1, -0.05) is 0 Å². The highest BCUT2D eigenvalue weighted by Gasteiger charge is 2.33. The molecule has 1 fully saturated rings. The molecule has 5 rings (SSSR count). The zero-order chi connectivity index (χ0) is 22.4. The standard InChI is InChI=1S/C26H28N2O4/c1-27(2)11-4-12-28-22-10-8-18(31-3)14-20(22)21(25(28)16-5-6-16)15-24-26(30)19-9-7-17(29)13-23(19)32-24/h7-10,13-16,29H,4-6,11-12H2,1-3H3/b24-15-. The maximum Gasteiger partial charge on any atom is 0.231 e. The van der Waals surface area contributed by atoms with Gasteiger partial charge >= 0.3 is 0 Å². The second kappa shape index (κ2) is 8.02. The molecule has 1 saturated carbocycles. The van der Waals surface area contributed by atoms with Crippen molar-refractivity contribution >= 4 is 22.8 Å². The van der Waals surface area contributed by atoms with E-state index in [2.05, 4.69) is 35.7 Å². The number of Topliss-reactive ketones (excluding diaryl/α,β-unsaturated/α-hetero) is 1. The number of phenolic OH excluding ortho intramolecular Hbond substituents is 1. The molecule has 0 atom stereocenters. The zero-order valence-corrected chi connectivity index (χ0v) is 18.7. The van der Waals surface area contributed by atoms with Gasteiger partial charge in [0, 0.05) is 34.8 Å². The molecule has 2 aliphatic rings. The van der Waals surface area contributed by atoms with Gasteiger partial charge in [0.05, 0.1) is 12.7 Å². The second-order valence-electron chi connectivity index (χ2n) is 8.88. The monoisotopic (exact) mass is 432 g/mol. The molecule has 6 heteroatoms. The summed E-state index contributed by atoms with van der Waals surface area (Å²) in [5.41, 5.74) is 3.94. The highest BCUT2D eigenvalue weighted by atomic mass is 16.5. The maximum atomic E-state index is 13.0. The molecular formula is C26H28N2O4. The van der Waals surface area contributed by atoms with E-state index in [-0.39, 0.29) is 11.5 Å². The summed E-state index contributed by atoms with van der Waals surface area (Å²) < 4.78 is 13.8. The summed E-state index contributed by atoms with van der Waals surface area (Å²) in [6, 6.07) is 10.8. The van der Waals surface area contributed by atoms with Crippen LogP contribution < -0.4 is 9.47 Å². The van der Waals surface area contributed by atoms with E-state index in [0.717, 1.165) is 54.6 Å². The van der Waals surface area contributed by atoms with Gasteiger partial charge in [-0.3, -0.25) is 4.79 Å². The largest absolute Gasteiger partial charge is 0.508 e. The van der Waals surface area contributed by atoms with Crippen LogP contribution in [0, 0.1) is 0 Å². The van der Waals surface area contributed by atoms with E-state index in [1.807, 2.05) is 12.1 Å². The van der Waals surface area contributed by atoms with Gasteiger partial charge < -0.3 is 24.0 Å². The molecule has 0 spiro atoms. The Kier molecular flexibility index (Phi) is 5.18. The Balaban J connectivity index is 1.64. The van der Waals surface area contributed by atoms with E-state index < -0.39 is 0 Å². The third-order valence-corrected chi connectivity index (χ3v) is 6.23. The van der Waals surface area contributed by atoms with E-state index in [1.54, 1.807) is 13.2 Å². The number of phenols is 1. The molecule has 3 aromatic rings. The van der Waals surface area contributed by atoms with Crippen molar-refractivity contribution in [1.29, 1.82) is 0 Å². The fraction of sp³-hybridized carbons (Fsp3) is 0.346. The third kappa shape index (κ3) is 3.65. The Morgan fingerprint density at radius 2 is 2.03 bits per heavy atom. The molecule has 0 unspecified atom stereocenters. The van der Waals surface area contributed by atoms with E-state index >= 15 is 0 Å². The minimum atomic E-state index is -0.154. The number of ether oxygens (including phenoxy) is 2. The van der Waals surface area contributed by atoms with Crippen molar-refractivity contribution in [3.05, 3.63) is 59.0 Å². The van der Waals surface area contributed by atoms with Crippen molar-refractivity contribution in [2.75, 3.05) is 27.7 Å². The van der Waals surface area contributed by atoms with Gasteiger partial charge in [-0.05, 0) is 82.2 Å². The van der Waals surface area contributed by atoms with Gasteiger partial charge in [0.1, 0.15) is 17.2 Å². The summed E-state index contributed by atoms with van der Waals surface area (Å²) in [6.45, 7) is 1.93. The van der Waals surface area contributed by atoms with Crippen molar-refractivity contribution in [3.63, 3.8) is 0 Å². The second-order valence-corrected chi connectivity index (χ2v) is 8.88. The molecule has 32 heavy (non-hydrogen) atoms. The summed E-state index contributed by atoms with van der Waals surface area (Å²) in [4.78, 5) is 15.2. The number of hydrogen-bond donors (Lipinski definition) is 1. The molecule has 0 radical (unpaired) electrons. The lowest BCUT2D eigenvalue weighted by molar-refractivity contribution is 0.101. The minimum Gasteiger partial charge on any atom is -0.508 e. The predicted molar refractivity (Wildman–Crippen MR) is 125 cm³/mol. The first kappa shape index (κ1) is 20.6. The van der Waals surface area contributed by atoms with Crippen LogP contribution in [0.2, 0.25) is 0 Å².